The fourth-order valence-electron chi connectivity index (χ4n) is 3.11. The maximum absolute atomic E-state index is 10.9. The molecule has 6 nitrogen and oxygen atoms in total. The second-order valence-electron chi connectivity index (χ2n) is 5.73. The van der Waals surface area contributed by atoms with Gasteiger partial charge in [0.1, 0.15) is 0 Å². The quantitative estimate of drug-likeness (QED) is 0.724. The molecular formula is C15H21N3O3. The van der Waals surface area contributed by atoms with E-state index < -0.39 is 5.97 Å². The average molecular weight is 291 g/mol. The number of benzene rings is 1. The molecule has 0 bridgehead atoms. The molecule has 0 spiro atoms. The number of hydrogen-bond donors (Lipinski definition) is 3. The minimum Gasteiger partial charge on any atom is -0.478 e. The van der Waals surface area contributed by atoms with E-state index in [-0.39, 0.29) is 17.4 Å². The number of nitrogens with one attached hydrogen (secondary N) is 1. The Balaban J connectivity index is 1.55. The van der Waals surface area contributed by atoms with Gasteiger partial charge in [0.25, 0.3) is 0 Å². The number of anilines is 2. The highest BCUT2D eigenvalue weighted by Crippen LogP contribution is 2.23. The van der Waals surface area contributed by atoms with Crippen LogP contribution in [0.25, 0.3) is 0 Å². The molecule has 0 aromatic heterocycles. The first-order valence-corrected chi connectivity index (χ1v) is 7.36. The Kier molecular flexibility index (Phi) is 3.98. The van der Waals surface area contributed by atoms with Crippen molar-refractivity contribution in [1.29, 1.82) is 0 Å². The van der Waals surface area contributed by atoms with Gasteiger partial charge in [-0.25, -0.2) is 4.79 Å². The zero-order chi connectivity index (χ0) is 14.8. The minimum atomic E-state index is -1.00. The Hall–Kier alpha value is -1.79. The minimum absolute atomic E-state index is 0.134. The number of carboxylic acids is 1. The summed E-state index contributed by atoms with van der Waals surface area (Å²) < 4.78 is 5.88. The Morgan fingerprint density at radius 3 is 3.14 bits per heavy atom. The van der Waals surface area contributed by atoms with Crippen molar-refractivity contribution in [2.75, 3.05) is 37.3 Å². The Labute approximate surface area is 123 Å². The third-order valence-corrected chi connectivity index (χ3v) is 4.28. The van der Waals surface area contributed by atoms with Gasteiger partial charge in [-0.05, 0) is 37.6 Å². The van der Waals surface area contributed by atoms with E-state index in [1.807, 2.05) is 0 Å². The molecule has 2 fully saturated rings. The van der Waals surface area contributed by atoms with Crippen LogP contribution in [0, 0.1) is 0 Å². The van der Waals surface area contributed by atoms with Gasteiger partial charge in [-0.3, -0.25) is 4.90 Å². The molecule has 2 unspecified atom stereocenters. The second-order valence-corrected chi connectivity index (χ2v) is 5.73. The summed E-state index contributed by atoms with van der Waals surface area (Å²) in [6.07, 6.45) is 2.68. The summed E-state index contributed by atoms with van der Waals surface area (Å²) in [5, 5.41) is 12.2. The van der Waals surface area contributed by atoms with Crippen LogP contribution in [0.4, 0.5) is 11.4 Å². The molecule has 1 aromatic carbocycles. The van der Waals surface area contributed by atoms with E-state index in [1.165, 1.54) is 25.5 Å². The number of ether oxygens (including phenoxy) is 1. The van der Waals surface area contributed by atoms with Gasteiger partial charge in [0.15, 0.2) is 0 Å². The number of carboxylic acid groups (broad SMARTS) is 1. The van der Waals surface area contributed by atoms with Crippen LogP contribution in [0.2, 0.25) is 0 Å². The largest absolute Gasteiger partial charge is 0.478 e. The van der Waals surface area contributed by atoms with Crippen molar-refractivity contribution in [3.05, 3.63) is 23.8 Å². The third-order valence-electron chi connectivity index (χ3n) is 4.28. The molecule has 3 rings (SSSR count). The van der Waals surface area contributed by atoms with Crippen LogP contribution in [0.5, 0.6) is 0 Å². The molecule has 0 amide bonds. The molecule has 114 valence electrons. The monoisotopic (exact) mass is 291 g/mol. The lowest BCUT2D eigenvalue weighted by Gasteiger charge is -2.35. The van der Waals surface area contributed by atoms with E-state index in [1.54, 1.807) is 12.1 Å². The summed E-state index contributed by atoms with van der Waals surface area (Å²) in [6.45, 7) is 3.65. The van der Waals surface area contributed by atoms with Crippen LogP contribution in [-0.2, 0) is 4.74 Å². The Bertz CT molecular complexity index is 535. The van der Waals surface area contributed by atoms with Gasteiger partial charge < -0.3 is 20.9 Å². The SMILES string of the molecule is Nc1cc(NCC2CN3CCCC3CO2)ccc1C(=O)O. The van der Waals surface area contributed by atoms with E-state index in [2.05, 4.69) is 10.2 Å². The number of fused-ring (bicyclic) bond motifs is 1. The summed E-state index contributed by atoms with van der Waals surface area (Å²) in [6, 6.07) is 5.52. The lowest BCUT2D eigenvalue weighted by molar-refractivity contribution is -0.0415. The zero-order valence-corrected chi connectivity index (χ0v) is 11.9. The lowest BCUT2D eigenvalue weighted by atomic mass is 10.1. The van der Waals surface area contributed by atoms with Crippen LogP contribution in [0.1, 0.15) is 23.2 Å². The number of aromatic carboxylic acids is 1. The van der Waals surface area contributed by atoms with Crippen LogP contribution in [0.3, 0.4) is 0 Å². The van der Waals surface area contributed by atoms with Gasteiger partial charge in [-0.1, -0.05) is 0 Å². The molecule has 21 heavy (non-hydrogen) atoms. The van der Waals surface area contributed by atoms with Crippen LogP contribution in [0.15, 0.2) is 18.2 Å². The molecule has 2 atom stereocenters. The fraction of sp³-hybridized carbons (Fsp3) is 0.533. The summed E-state index contributed by atoms with van der Waals surface area (Å²) >= 11 is 0. The molecule has 0 saturated carbocycles. The van der Waals surface area contributed by atoms with E-state index in [0.717, 1.165) is 18.8 Å². The number of hydrogen-bond acceptors (Lipinski definition) is 5. The second kappa shape index (κ2) is 5.91. The van der Waals surface area contributed by atoms with Crippen LogP contribution in [-0.4, -0.2) is 54.4 Å². The van der Waals surface area contributed by atoms with E-state index in [4.69, 9.17) is 15.6 Å². The summed E-state index contributed by atoms with van der Waals surface area (Å²) in [5.41, 5.74) is 6.97. The standard InChI is InChI=1S/C15H21N3O3/c16-14-6-10(3-4-13(14)15(19)20)17-7-12-8-18-5-1-2-11(18)9-21-12/h3-4,6,11-12,17H,1-2,5,7-9,16H2,(H,19,20). The maximum atomic E-state index is 10.9. The predicted molar refractivity (Wildman–Crippen MR) is 80.6 cm³/mol. The summed E-state index contributed by atoms with van der Waals surface area (Å²) in [4.78, 5) is 13.4. The third kappa shape index (κ3) is 3.11. The van der Waals surface area contributed by atoms with Crippen molar-refractivity contribution in [3.8, 4) is 0 Å². The van der Waals surface area contributed by atoms with E-state index >= 15 is 0 Å². The number of nitrogens with zero attached hydrogens (tertiary/aromatic N) is 1. The highest BCUT2D eigenvalue weighted by Gasteiger charge is 2.31. The number of nitrogens with two attached hydrogens (primary N) is 1. The topological polar surface area (TPSA) is 87.8 Å². The van der Waals surface area contributed by atoms with Gasteiger partial charge in [0.05, 0.1) is 18.3 Å². The van der Waals surface area contributed by atoms with Gasteiger partial charge in [0.2, 0.25) is 0 Å². The van der Waals surface area contributed by atoms with Crippen molar-refractivity contribution in [2.24, 2.45) is 0 Å². The first kappa shape index (κ1) is 14.2. The number of rotatable bonds is 4. The Morgan fingerprint density at radius 1 is 1.52 bits per heavy atom. The highest BCUT2D eigenvalue weighted by atomic mass is 16.5. The maximum Gasteiger partial charge on any atom is 0.337 e. The molecule has 6 heteroatoms. The Morgan fingerprint density at radius 2 is 2.38 bits per heavy atom. The molecule has 4 N–H and O–H groups in total. The fourth-order valence-corrected chi connectivity index (χ4v) is 3.11. The molecule has 2 heterocycles. The van der Waals surface area contributed by atoms with Crippen LogP contribution >= 0.6 is 0 Å². The zero-order valence-electron chi connectivity index (χ0n) is 11.9. The first-order chi connectivity index (χ1) is 10.1. The van der Waals surface area contributed by atoms with Crippen molar-refractivity contribution in [2.45, 2.75) is 25.0 Å². The average Bonchev–Trinajstić information content (AvgIpc) is 2.92. The van der Waals surface area contributed by atoms with Crippen molar-refractivity contribution in [3.63, 3.8) is 0 Å². The summed E-state index contributed by atoms with van der Waals surface area (Å²) in [5.74, 6) is -1.00. The summed E-state index contributed by atoms with van der Waals surface area (Å²) in [7, 11) is 0. The predicted octanol–water partition coefficient (Wildman–Crippen LogP) is 1.24. The van der Waals surface area contributed by atoms with Crippen molar-refractivity contribution < 1.29 is 14.6 Å². The molecule has 2 saturated heterocycles. The normalized spacial score (nSPS) is 25.5. The lowest BCUT2D eigenvalue weighted by Crippen LogP contribution is -2.48. The van der Waals surface area contributed by atoms with Crippen molar-refractivity contribution in [1.82, 2.24) is 4.90 Å². The molecule has 0 radical (unpaired) electrons. The number of nitrogen functional groups attached to an aromatic ring is 1. The van der Waals surface area contributed by atoms with Gasteiger partial charge in [0, 0.05) is 30.5 Å². The van der Waals surface area contributed by atoms with Gasteiger partial charge in [-0.15, -0.1) is 0 Å². The van der Waals surface area contributed by atoms with E-state index in [9.17, 15) is 4.79 Å². The first-order valence-electron chi connectivity index (χ1n) is 7.36. The number of carbonyl (C=O) groups is 1. The number of morpholine rings is 1. The van der Waals surface area contributed by atoms with Gasteiger partial charge in [-0.2, -0.15) is 0 Å². The molecular weight excluding hydrogens is 270 g/mol. The van der Waals surface area contributed by atoms with Crippen molar-refractivity contribution >= 4 is 17.3 Å². The smallest absolute Gasteiger partial charge is 0.337 e. The highest BCUT2D eigenvalue weighted by molar-refractivity contribution is 5.94. The van der Waals surface area contributed by atoms with E-state index in [0.29, 0.717) is 12.6 Å². The van der Waals surface area contributed by atoms with Crippen LogP contribution < -0.4 is 11.1 Å². The molecule has 2 aliphatic heterocycles. The molecule has 1 aromatic rings. The molecule has 2 aliphatic rings. The molecule has 0 aliphatic carbocycles. The van der Waals surface area contributed by atoms with Gasteiger partial charge >= 0.3 is 5.97 Å².